The summed E-state index contributed by atoms with van der Waals surface area (Å²) in [6.07, 6.45) is -0.180. The molecule has 0 unspecified atom stereocenters. The van der Waals surface area contributed by atoms with Gasteiger partial charge in [0.15, 0.2) is 12.4 Å². The van der Waals surface area contributed by atoms with Crippen LogP contribution in [0.3, 0.4) is 0 Å². The fourth-order valence-electron chi connectivity index (χ4n) is 1.92. The van der Waals surface area contributed by atoms with E-state index in [-0.39, 0.29) is 24.3 Å². The summed E-state index contributed by atoms with van der Waals surface area (Å²) in [5.41, 5.74) is -0.217. The lowest BCUT2D eigenvalue weighted by molar-refractivity contribution is -0.147. The number of Topliss-reactive ketones (excluding diaryl/α,β-unsaturated/α-hetero) is 1. The lowest BCUT2D eigenvalue weighted by Crippen LogP contribution is -2.21. The van der Waals surface area contributed by atoms with Crippen molar-refractivity contribution in [3.8, 4) is 0 Å². The minimum atomic E-state index is -0.934. The second-order valence-electron chi connectivity index (χ2n) is 5.17. The van der Waals surface area contributed by atoms with Gasteiger partial charge in [-0.2, -0.15) is 0 Å². The van der Waals surface area contributed by atoms with Crippen molar-refractivity contribution in [2.75, 3.05) is 11.9 Å². The number of esters is 1. The first-order valence-corrected chi connectivity index (χ1v) is 8.17. The van der Waals surface area contributed by atoms with Crippen LogP contribution in [0.1, 0.15) is 27.4 Å². The molecule has 5 nitrogen and oxygen atoms in total. The van der Waals surface area contributed by atoms with Crippen LogP contribution in [-0.2, 0) is 14.3 Å². The van der Waals surface area contributed by atoms with Gasteiger partial charge in [-0.25, -0.2) is 8.78 Å². The molecule has 8 heteroatoms. The van der Waals surface area contributed by atoms with Gasteiger partial charge in [-0.15, -0.1) is 11.3 Å². The summed E-state index contributed by atoms with van der Waals surface area (Å²) in [5, 5.41) is 2.16. The Hall–Kier alpha value is -2.61. The minimum Gasteiger partial charge on any atom is -0.456 e. The Morgan fingerprint density at radius 3 is 2.52 bits per heavy atom. The zero-order valence-corrected chi connectivity index (χ0v) is 14.1. The van der Waals surface area contributed by atoms with E-state index in [4.69, 9.17) is 4.74 Å². The Morgan fingerprint density at radius 2 is 1.88 bits per heavy atom. The number of benzene rings is 1. The number of hydrogen-bond donors (Lipinski definition) is 1. The largest absolute Gasteiger partial charge is 0.456 e. The van der Waals surface area contributed by atoms with E-state index in [0.717, 1.165) is 17.0 Å². The lowest BCUT2D eigenvalue weighted by Gasteiger charge is -2.07. The van der Waals surface area contributed by atoms with Crippen molar-refractivity contribution in [3.05, 3.63) is 51.7 Å². The Labute approximate surface area is 146 Å². The van der Waals surface area contributed by atoms with Crippen LogP contribution in [0.2, 0.25) is 0 Å². The Morgan fingerprint density at radius 1 is 1.12 bits per heavy atom. The third kappa shape index (κ3) is 5.75. The Kier molecular flexibility index (Phi) is 6.35. The van der Waals surface area contributed by atoms with Crippen LogP contribution in [0, 0.1) is 18.6 Å². The minimum absolute atomic E-state index is 0.0208. The first kappa shape index (κ1) is 18.7. The predicted octanol–water partition coefficient (Wildman–Crippen LogP) is 3.48. The molecule has 2 aromatic rings. The average Bonchev–Trinajstić information content (AvgIpc) is 3.00. The molecule has 1 heterocycles. The molecule has 25 heavy (non-hydrogen) atoms. The van der Waals surface area contributed by atoms with Crippen molar-refractivity contribution in [2.45, 2.75) is 19.8 Å². The highest BCUT2D eigenvalue weighted by Gasteiger charge is 2.14. The number of rotatable bonds is 7. The predicted molar refractivity (Wildman–Crippen MR) is 88.6 cm³/mol. The monoisotopic (exact) mass is 367 g/mol. The van der Waals surface area contributed by atoms with Crippen molar-refractivity contribution in [1.29, 1.82) is 0 Å². The SMILES string of the molecule is Cc1ccc(C(=O)CCC(=O)OCC(=O)Nc2ccc(F)cc2F)s1. The quantitative estimate of drug-likeness (QED) is 0.601. The van der Waals surface area contributed by atoms with Crippen LogP contribution in [0.4, 0.5) is 14.5 Å². The molecule has 0 aliphatic carbocycles. The summed E-state index contributed by atoms with van der Waals surface area (Å²) >= 11 is 1.34. The molecule has 0 saturated heterocycles. The van der Waals surface area contributed by atoms with Crippen molar-refractivity contribution in [2.24, 2.45) is 0 Å². The number of carbonyl (C=O) groups is 3. The Bertz CT molecular complexity index is 804. The van der Waals surface area contributed by atoms with Crippen LogP contribution in [0.25, 0.3) is 0 Å². The lowest BCUT2D eigenvalue weighted by atomic mass is 10.2. The van der Waals surface area contributed by atoms with E-state index in [1.54, 1.807) is 6.07 Å². The average molecular weight is 367 g/mol. The summed E-state index contributed by atoms with van der Waals surface area (Å²) in [5.74, 6) is -3.35. The molecule has 0 atom stereocenters. The normalized spacial score (nSPS) is 10.4. The van der Waals surface area contributed by atoms with E-state index >= 15 is 0 Å². The van der Waals surface area contributed by atoms with Gasteiger partial charge in [-0.05, 0) is 31.2 Å². The van der Waals surface area contributed by atoms with E-state index in [1.807, 2.05) is 13.0 Å². The molecule has 0 aliphatic rings. The van der Waals surface area contributed by atoms with Crippen LogP contribution in [-0.4, -0.2) is 24.3 Å². The Balaban J connectivity index is 1.74. The maximum atomic E-state index is 13.4. The van der Waals surface area contributed by atoms with Crippen molar-refractivity contribution < 1.29 is 27.9 Å². The van der Waals surface area contributed by atoms with Gasteiger partial charge in [-0.3, -0.25) is 14.4 Å². The number of thiophene rings is 1. The number of nitrogens with one attached hydrogen (secondary N) is 1. The van der Waals surface area contributed by atoms with E-state index < -0.39 is 30.1 Å². The number of anilines is 1. The highest BCUT2D eigenvalue weighted by molar-refractivity contribution is 7.14. The third-order valence-electron chi connectivity index (χ3n) is 3.14. The topological polar surface area (TPSA) is 72.5 Å². The van der Waals surface area contributed by atoms with Crippen LogP contribution < -0.4 is 5.32 Å². The first-order chi connectivity index (χ1) is 11.8. The van der Waals surface area contributed by atoms with Crippen LogP contribution in [0.15, 0.2) is 30.3 Å². The molecule has 0 radical (unpaired) electrons. The molecule has 132 valence electrons. The van der Waals surface area contributed by atoms with E-state index in [2.05, 4.69) is 5.32 Å². The number of ether oxygens (including phenoxy) is 1. The zero-order chi connectivity index (χ0) is 18.4. The van der Waals surface area contributed by atoms with Gasteiger partial charge >= 0.3 is 5.97 Å². The summed E-state index contributed by atoms with van der Waals surface area (Å²) in [7, 11) is 0. The number of aryl methyl sites for hydroxylation is 1. The molecule has 0 fully saturated rings. The summed E-state index contributed by atoms with van der Waals surface area (Å²) in [6, 6.07) is 6.18. The van der Waals surface area contributed by atoms with E-state index in [0.29, 0.717) is 10.9 Å². The first-order valence-electron chi connectivity index (χ1n) is 7.35. The second kappa shape index (κ2) is 8.48. The molecule has 0 aliphatic heterocycles. The summed E-state index contributed by atoms with van der Waals surface area (Å²) < 4.78 is 30.9. The fourth-order valence-corrected chi connectivity index (χ4v) is 2.75. The van der Waals surface area contributed by atoms with Gasteiger partial charge in [-0.1, -0.05) is 0 Å². The molecule has 1 aromatic carbocycles. The molecule has 0 spiro atoms. The number of hydrogen-bond acceptors (Lipinski definition) is 5. The van der Waals surface area contributed by atoms with Crippen molar-refractivity contribution >= 4 is 34.7 Å². The second-order valence-corrected chi connectivity index (χ2v) is 6.45. The fraction of sp³-hybridized carbons (Fsp3) is 0.235. The maximum absolute atomic E-state index is 13.4. The number of carbonyl (C=O) groups excluding carboxylic acids is 3. The van der Waals surface area contributed by atoms with Crippen LogP contribution in [0.5, 0.6) is 0 Å². The smallest absolute Gasteiger partial charge is 0.306 e. The molecule has 0 saturated carbocycles. The number of halogens is 2. The molecule has 1 amide bonds. The van der Waals surface area contributed by atoms with Gasteiger partial charge in [0.25, 0.3) is 5.91 Å². The maximum Gasteiger partial charge on any atom is 0.306 e. The van der Waals surface area contributed by atoms with Crippen molar-refractivity contribution in [3.63, 3.8) is 0 Å². The molecule has 2 rings (SSSR count). The standard InChI is InChI=1S/C17H15F2NO4S/c1-10-2-6-15(25-10)14(21)5-7-17(23)24-9-16(22)20-13-4-3-11(18)8-12(13)19/h2-4,6,8H,5,7,9H2,1H3,(H,20,22). The van der Waals surface area contributed by atoms with Gasteiger partial charge in [0.05, 0.1) is 17.0 Å². The third-order valence-corrected chi connectivity index (χ3v) is 4.18. The van der Waals surface area contributed by atoms with Crippen LogP contribution >= 0.6 is 11.3 Å². The van der Waals surface area contributed by atoms with Crippen molar-refractivity contribution in [1.82, 2.24) is 0 Å². The van der Waals surface area contributed by atoms with E-state index in [1.165, 1.54) is 11.3 Å². The molecular weight excluding hydrogens is 352 g/mol. The highest BCUT2D eigenvalue weighted by atomic mass is 32.1. The van der Waals surface area contributed by atoms with Gasteiger partial charge in [0.1, 0.15) is 11.6 Å². The number of amides is 1. The highest BCUT2D eigenvalue weighted by Crippen LogP contribution is 2.18. The zero-order valence-electron chi connectivity index (χ0n) is 13.3. The molecular formula is C17H15F2NO4S. The van der Waals surface area contributed by atoms with Gasteiger partial charge in [0, 0.05) is 17.4 Å². The molecule has 1 aromatic heterocycles. The molecule has 1 N–H and O–H groups in total. The van der Waals surface area contributed by atoms with Gasteiger partial charge in [0.2, 0.25) is 0 Å². The molecule has 0 bridgehead atoms. The summed E-state index contributed by atoms with van der Waals surface area (Å²) in [4.78, 5) is 36.6. The van der Waals surface area contributed by atoms with Gasteiger partial charge < -0.3 is 10.1 Å². The summed E-state index contributed by atoms with van der Waals surface area (Å²) in [6.45, 7) is 1.25. The number of ketones is 1. The van der Waals surface area contributed by atoms with E-state index in [9.17, 15) is 23.2 Å².